The van der Waals surface area contributed by atoms with Gasteiger partial charge in [-0.15, -0.1) is 0 Å². The van der Waals surface area contributed by atoms with Crippen molar-refractivity contribution in [1.82, 2.24) is 15.1 Å². The Kier molecular flexibility index (Phi) is 7.11. The molecule has 0 aromatic rings. The molecule has 146 valence electrons. The predicted octanol–water partition coefficient (Wildman–Crippen LogP) is 1.95. The van der Waals surface area contributed by atoms with E-state index in [0.29, 0.717) is 6.10 Å². The van der Waals surface area contributed by atoms with E-state index >= 15 is 0 Å². The van der Waals surface area contributed by atoms with Crippen LogP contribution < -0.4 is 5.32 Å². The highest BCUT2D eigenvalue weighted by Crippen LogP contribution is 2.20. The van der Waals surface area contributed by atoms with Crippen LogP contribution in [-0.2, 0) is 9.47 Å². The lowest BCUT2D eigenvalue weighted by Gasteiger charge is -2.42. The highest BCUT2D eigenvalue weighted by Gasteiger charge is 2.30. The molecule has 0 aliphatic carbocycles. The van der Waals surface area contributed by atoms with Crippen molar-refractivity contribution in [1.29, 1.82) is 0 Å². The summed E-state index contributed by atoms with van der Waals surface area (Å²) in [5.74, 6) is 1.01. The Morgan fingerprint density at radius 2 is 1.92 bits per heavy atom. The molecule has 0 bridgehead atoms. The van der Waals surface area contributed by atoms with Gasteiger partial charge in [0.25, 0.3) is 0 Å². The van der Waals surface area contributed by atoms with Gasteiger partial charge in [0.05, 0.1) is 24.9 Å². The van der Waals surface area contributed by atoms with Gasteiger partial charge in [-0.1, -0.05) is 0 Å². The fourth-order valence-corrected chi connectivity index (χ4v) is 3.63. The Morgan fingerprint density at radius 3 is 2.48 bits per heavy atom. The first-order valence-corrected chi connectivity index (χ1v) is 9.67. The third kappa shape index (κ3) is 6.42. The standard InChI is InChI=1S/C19H38N4O2/c1-18(2,3)25-16-7-10-22(11-8-16)17(20-6)21-9-12-23-13-14-24-15-19(23,4)5/h16H,7-15H2,1-6H3,(H,20,21). The topological polar surface area (TPSA) is 49.3 Å². The molecule has 1 N–H and O–H groups in total. The molecule has 0 radical (unpaired) electrons. The van der Waals surface area contributed by atoms with Gasteiger partial charge in [-0.25, -0.2) is 0 Å². The zero-order valence-corrected chi connectivity index (χ0v) is 17.1. The second kappa shape index (κ2) is 8.69. The van der Waals surface area contributed by atoms with Crippen LogP contribution in [0.3, 0.4) is 0 Å². The molecular formula is C19H38N4O2. The van der Waals surface area contributed by atoms with Gasteiger partial charge in [-0.3, -0.25) is 9.89 Å². The van der Waals surface area contributed by atoms with E-state index in [1.807, 2.05) is 7.05 Å². The van der Waals surface area contributed by atoms with Gasteiger partial charge < -0.3 is 19.7 Å². The zero-order chi connectivity index (χ0) is 18.5. The summed E-state index contributed by atoms with van der Waals surface area (Å²) in [6, 6.07) is 0. The molecule has 0 spiro atoms. The maximum absolute atomic E-state index is 6.12. The van der Waals surface area contributed by atoms with Gasteiger partial charge in [-0.2, -0.15) is 0 Å². The number of nitrogens with zero attached hydrogens (tertiary/aromatic N) is 3. The number of guanidine groups is 1. The minimum atomic E-state index is -0.0578. The van der Waals surface area contributed by atoms with E-state index in [1.165, 1.54) is 0 Å². The molecule has 2 fully saturated rings. The van der Waals surface area contributed by atoms with Gasteiger partial charge in [0.1, 0.15) is 0 Å². The van der Waals surface area contributed by atoms with Gasteiger partial charge >= 0.3 is 0 Å². The third-order valence-corrected chi connectivity index (χ3v) is 4.96. The van der Waals surface area contributed by atoms with Crippen molar-refractivity contribution < 1.29 is 9.47 Å². The van der Waals surface area contributed by atoms with Crippen molar-refractivity contribution in [3.05, 3.63) is 0 Å². The first kappa shape index (κ1) is 20.5. The average molecular weight is 355 g/mol. The Hall–Kier alpha value is -0.850. The monoisotopic (exact) mass is 354 g/mol. The minimum Gasteiger partial charge on any atom is -0.378 e. The fourth-order valence-electron chi connectivity index (χ4n) is 3.63. The van der Waals surface area contributed by atoms with Crippen LogP contribution >= 0.6 is 0 Å². The number of nitrogens with one attached hydrogen (secondary N) is 1. The molecule has 2 saturated heterocycles. The van der Waals surface area contributed by atoms with E-state index < -0.39 is 0 Å². The molecule has 6 nitrogen and oxygen atoms in total. The molecule has 0 unspecified atom stereocenters. The summed E-state index contributed by atoms with van der Waals surface area (Å²) in [5, 5.41) is 3.54. The van der Waals surface area contributed by atoms with Crippen LogP contribution in [0, 0.1) is 0 Å². The summed E-state index contributed by atoms with van der Waals surface area (Å²) in [5.41, 5.74) is 0.0593. The Labute approximate surface area is 153 Å². The second-order valence-corrected chi connectivity index (χ2v) is 8.74. The summed E-state index contributed by atoms with van der Waals surface area (Å²) < 4.78 is 11.7. The molecule has 2 aliphatic rings. The summed E-state index contributed by atoms with van der Waals surface area (Å²) in [7, 11) is 1.87. The van der Waals surface area contributed by atoms with Crippen molar-refractivity contribution in [3.8, 4) is 0 Å². The molecule has 0 aromatic heterocycles. The van der Waals surface area contributed by atoms with Crippen LogP contribution in [0.25, 0.3) is 0 Å². The number of ether oxygens (including phenoxy) is 2. The maximum atomic E-state index is 6.12. The summed E-state index contributed by atoms with van der Waals surface area (Å²) >= 11 is 0. The van der Waals surface area contributed by atoms with E-state index in [4.69, 9.17) is 9.47 Å². The van der Waals surface area contributed by atoms with Crippen LogP contribution in [0.2, 0.25) is 0 Å². The fraction of sp³-hybridized carbons (Fsp3) is 0.947. The van der Waals surface area contributed by atoms with Crippen molar-refractivity contribution >= 4 is 5.96 Å². The number of hydrogen-bond donors (Lipinski definition) is 1. The molecule has 2 heterocycles. The van der Waals surface area contributed by atoms with E-state index in [2.05, 4.69) is 54.7 Å². The summed E-state index contributed by atoms with van der Waals surface area (Å²) in [6.07, 6.45) is 2.49. The van der Waals surface area contributed by atoms with Crippen molar-refractivity contribution in [2.75, 3.05) is 53.0 Å². The normalized spacial score (nSPS) is 23.8. The Balaban J connectivity index is 1.74. The smallest absolute Gasteiger partial charge is 0.193 e. The molecule has 0 aromatic carbocycles. The van der Waals surface area contributed by atoms with E-state index in [9.17, 15) is 0 Å². The SMILES string of the molecule is CN=C(NCCN1CCOCC1(C)C)N1CCC(OC(C)(C)C)CC1. The zero-order valence-electron chi connectivity index (χ0n) is 17.1. The van der Waals surface area contributed by atoms with Crippen LogP contribution in [0.1, 0.15) is 47.5 Å². The van der Waals surface area contributed by atoms with E-state index in [-0.39, 0.29) is 11.1 Å². The van der Waals surface area contributed by atoms with Crippen LogP contribution in [0.4, 0.5) is 0 Å². The van der Waals surface area contributed by atoms with Crippen LogP contribution in [0.5, 0.6) is 0 Å². The first-order chi connectivity index (χ1) is 11.7. The van der Waals surface area contributed by atoms with Gasteiger partial charge in [0.2, 0.25) is 0 Å². The maximum Gasteiger partial charge on any atom is 0.193 e. The number of rotatable bonds is 4. The van der Waals surface area contributed by atoms with Crippen molar-refractivity contribution in [2.24, 2.45) is 4.99 Å². The minimum absolute atomic E-state index is 0.0578. The molecule has 2 rings (SSSR count). The largest absolute Gasteiger partial charge is 0.378 e. The number of hydrogen-bond acceptors (Lipinski definition) is 4. The second-order valence-electron chi connectivity index (χ2n) is 8.74. The number of morpholine rings is 1. The first-order valence-electron chi connectivity index (χ1n) is 9.67. The lowest BCUT2D eigenvalue weighted by atomic mass is 10.0. The molecule has 6 heteroatoms. The third-order valence-electron chi connectivity index (χ3n) is 4.96. The number of likely N-dealkylation sites (tertiary alicyclic amines) is 1. The Bertz CT molecular complexity index is 437. The molecule has 25 heavy (non-hydrogen) atoms. The highest BCUT2D eigenvalue weighted by molar-refractivity contribution is 5.79. The van der Waals surface area contributed by atoms with Gasteiger partial charge in [0.15, 0.2) is 5.96 Å². The molecule has 2 aliphatic heterocycles. The molecular weight excluding hydrogens is 316 g/mol. The van der Waals surface area contributed by atoms with Gasteiger partial charge in [0, 0.05) is 45.3 Å². The predicted molar refractivity (Wildman–Crippen MR) is 103 cm³/mol. The average Bonchev–Trinajstić information content (AvgIpc) is 2.52. The lowest BCUT2D eigenvalue weighted by molar-refractivity contribution is -0.0773. The van der Waals surface area contributed by atoms with Crippen molar-refractivity contribution in [2.45, 2.75) is 64.7 Å². The summed E-state index contributed by atoms with van der Waals surface area (Å²) in [6.45, 7) is 17.5. The molecule has 0 saturated carbocycles. The number of piperidine rings is 1. The highest BCUT2D eigenvalue weighted by atomic mass is 16.5. The summed E-state index contributed by atoms with van der Waals surface area (Å²) in [4.78, 5) is 9.33. The quantitative estimate of drug-likeness (QED) is 0.618. The lowest BCUT2D eigenvalue weighted by Crippen LogP contribution is -2.55. The van der Waals surface area contributed by atoms with E-state index in [0.717, 1.165) is 64.7 Å². The van der Waals surface area contributed by atoms with Gasteiger partial charge in [-0.05, 0) is 47.5 Å². The van der Waals surface area contributed by atoms with E-state index in [1.54, 1.807) is 0 Å². The van der Waals surface area contributed by atoms with Crippen molar-refractivity contribution in [3.63, 3.8) is 0 Å². The number of aliphatic imine (C=N–C) groups is 1. The van der Waals surface area contributed by atoms with Crippen LogP contribution in [-0.4, -0.2) is 86.0 Å². The van der Waals surface area contributed by atoms with Crippen LogP contribution in [0.15, 0.2) is 4.99 Å². The Morgan fingerprint density at radius 1 is 1.24 bits per heavy atom. The molecule has 0 amide bonds. The molecule has 0 atom stereocenters.